The van der Waals surface area contributed by atoms with E-state index >= 15 is 0 Å². The number of aliphatic hydroxyl groups excluding tert-OH is 1. The first kappa shape index (κ1) is 33.0. The lowest BCUT2D eigenvalue weighted by atomic mass is 9.94. The molecule has 2 saturated heterocycles. The van der Waals surface area contributed by atoms with E-state index in [0.29, 0.717) is 25.6 Å². The Kier molecular flexibility index (Phi) is 11.6. The number of rotatable bonds is 9. The third-order valence-electron chi connectivity index (χ3n) is 8.05. The molecule has 2 heterocycles. The molecule has 2 fully saturated rings. The molecule has 6 nitrogen and oxygen atoms in total. The minimum Gasteiger partial charge on any atom is -0.489 e. The van der Waals surface area contributed by atoms with Crippen LogP contribution >= 0.6 is 15.9 Å². The molecule has 0 bridgehead atoms. The highest BCUT2D eigenvalue weighted by Gasteiger charge is 2.19. The van der Waals surface area contributed by atoms with Gasteiger partial charge in [-0.3, -0.25) is 0 Å². The van der Waals surface area contributed by atoms with Gasteiger partial charge in [-0.1, -0.05) is 52.3 Å². The largest absolute Gasteiger partial charge is 0.489 e. The number of aryl methyl sites for hydroxylation is 4. The Labute approximate surface area is 275 Å². The quantitative estimate of drug-likeness (QED) is 0.192. The molecule has 6 rings (SSSR count). The Balaban J connectivity index is 0.000000223. The molecule has 0 unspecified atom stereocenters. The highest BCUT2D eigenvalue weighted by atomic mass is 79.9. The summed E-state index contributed by atoms with van der Waals surface area (Å²) < 4.78 is 29.7. The van der Waals surface area contributed by atoms with Crippen molar-refractivity contribution in [2.75, 3.05) is 26.4 Å². The van der Waals surface area contributed by atoms with Crippen molar-refractivity contribution in [3.8, 4) is 28.4 Å². The molecule has 0 spiro atoms. The number of hydrogen-bond donors (Lipinski definition) is 1. The van der Waals surface area contributed by atoms with Crippen molar-refractivity contribution in [2.24, 2.45) is 0 Å². The molecule has 2 atom stereocenters. The smallest absolute Gasteiger partial charge is 0.125 e. The maximum Gasteiger partial charge on any atom is 0.125 e. The predicted octanol–water partition coefficient (Wildman–Crippen LogP) is 8.44. The Morgan fingerprint density at radius 3 is 1.80 bits per heavy atom. The van der Waals surface area contributed by atoms with E-state index in [1.54, 1.807) is 0 Å². The summed E-state index contributed by atoms with van der Waals surface area (Å²) in [6.45, 7) is 11.7. The Morgan fingerprint density at radius 2 is 1.29 bits per heavy atom. The van der Waals surface area contributed by atoms with Gasteiger partial charge in [-0.05, 0) is 103 Å². The fraction of sp³-hybridized carbons (Fsp3) is 0.368. The van der Waals surface area contributed by atoms with Crippen LogP contribution in [0.15, 0.2) is 77.3 Å². The zero-order chi connectivity index (χ0) is 31.8. The van der Waals surface area contributed by atoms with Crippen molar-refractivity contribution in [1.29, 1.82) is 0 Å². The molecule has 1 N–H and O–H groups in total. The molecule has 238 valence electrons. The van der Waals surface area contributed by atoms with Gasteiger partial charge in [-0.15, -0.1) is 0 Å². The molecule has 4 aromatic carbocycles. The highest BCUT2D eigenvalue weighted by molar-refractivity contribution is 9.10. The molecule has 0 radical (unpaired) electrons. The lowest BCUT2D eigenvalue weighted by molar-refractivity contribution is 0.141. The average Bonchev–Trinajstić information content (AvgIpc) is 3.74. The van der Waals surface area contributed by atoms with Crippen LogP contribution in [0.5, 0.6) is 17.2 Å². The second-order valence-electron chi connectivity index (χ2n) is 11.8. The van der Waals surface area contributed by atoms with Crippen molar-refractivity contribution in [2.45, 2.75) is 66.0 Å². The minimum absolute atomic E-state index is 0.0705. The number of benzene rings is 4. The maximum atomic E-state index is 9.92. The summed E-state index contributed by atoms with van der Waals surface area (Å²) in [7, 11) is 0. The molecule has 2 aliphatic heterocycles. The van der Waals surface area contributed by atoms with Gasteiger partial charge in [0.25, 0.3) is 0 Å². The molecule has 45 heavy (non-hydrogen) atoms. The standard InChI is InChI=1S/C26H28O4.C12H15BrO2/c1-18-12-24(30-23-10-11-28-17-23)13-19(2)26(18)21-8-9-25(22(14-21)15-27)29-16-20-6-4-3-5-7-20;1-8-5-11(6-9(2)12(8)13)15-10-3-4-14-7-10/h3-9,12-14,23,27H,10-11,15-17H2,1-2H3;5-6,10H,3-4,7H2,1-2H3/t23-;10-/m11/s1. The third-order valence-corrected chi connectivity index (χ3v) is 9.30. The second-order valence-corrected chi connectivity index (χ2v) is 12.6. The van der Waals surface area contributed by atoms with E-state index < -0.39 is 0 Å². The van der Waals surface area contributed by atoms with E-state index in [2.05, 4.69) is 74.0 Å². The van der Waals surface area contributed by atoms with Crippen LogP contribution in [0.25, 0.3) is 11.1 Å². The topological polar surface area (TPSA) is 66.4 Å². The van der Waals surface area contributed by atoms with E-state index in [1.807, 2.05) is 42.5 Å². The fourth-order valence-corrected chi connectivity index (χ4v) is 5.98. The van der Waals surface area contributed by atoms with Gasteiger partial charge in [-0.25, -0.2) is 0 Å². The monoisotopic (exact) mass is 674 g/mol. The molecule has 4 aromatic rings. The molecular weight excluding hydrogens is 632 g/mol. The Hall–Kier alpha value is -3.36. The fourth-order valence-electron chi connectivity index (χ4n) is 5.75. The van der Waals surface area contributed by atoms with Gasteiger partial charge in [0.2, 0.25) is 0 Å². The van der Waals surface area contributed by atoms with Crippen molar-refractivity contribution in [3.05, 3.63) is 111 Å². The molecule has 0 saturated carbocycles. The average molecular weight is 676 g/mol. The van der Waals surface area contributed by atoms with Crippen molar-refractivity contribution >= 4 is 15.9 Å². The Bertz CT molecular complexity index is 1510. The number of halogens is 1. The van der Waals surface area contributed by atoms with Crippen LogP contribution in [0.1, 0.15) is 46.2 Å². The summed E-state index contributed by atoms with van der Waals surface area (Å²) in [4.78, 5) is 0. The second kappa shape index (κ2) is 15.8. The van der Waals surface area contributed by atoms with Gasteiger partial charge < -0.3 is 28.8 Å². The van der Waals surface area contributed by atoms with E-state index in [-0.39, 0.29) is 18.8 Å². The molecule has 0 aromatic heterocycles. The third kappa shape index (κ3) is 8.88. The first-order valence-corrected chi connectivity index (χ1v) is 16.4. The van der Waals surface area contributed by atoms with Gasteiger partial charge in [-0.2, -0.15) is 0 Å². The number of aliphatic hydroxyl groups is 1. The van der Waals surface area contributed by atoms with Crippen LogP contribution < -0.4 is 14.2 Å². The van der Waals surface area contributed by atoms with Crippen LogP contribution in [0.2, 0.25) is 0 Å². The van der Waals surface area contributed by atoms with E-state index in [1.165, 1.54) is 11.1 Å². The van der Waals surface area contributed by atoms with Crippen molar-refractivity contribution in [3.63, 3.8) is 0 Å². The zero-order valence-electron chi connectivity index (χ0n) is 26.6. The zero-order valence-corrected chi connectivity index (χ0v) is 28.2. The molecule has 0 aliphatic carbocycles. The summed E-state index contributed by atoms with van der Waals surface area (Å²) in [5.41, 5.74) is 8.82. The van der Waals surface area contributed by atoms with Crippen LogP contribution in [-0.4, -0.2) is 43.7 Å². The van der Waals surface area contributed by atoms with Crippen molar-refractivity contribution < 1.29 is 28.8 Å². The van der Waals surface area contributed by atoms with E-state index in [0.717, 1.165) is 75.4 Å². The summed E-state index contributed by atoms with van der Waals surface area (Å²) in [5.74, 6) is 2.54. The maximum absolute atomic E-state index is 9.92. The SMILES string of the molecule is Cc1cc(O[C@@H]2CCOC2)cc(C)c1-c1ccc(OCc2ccccc2)c(CO)c1.Cc1cc(O[C@@H]2CCOC2)cc(C)c1Br. The lowest BCUT2D eigenvalue weighted by Gasteiger charge is -2.18. The van der Waals surface area contributed by atoms with Crippen LogP contribution in [0.4, 0.5) is 0 Å². The normalized spacial score (nSPS) is 17.5. The summed E-state index contributed by atoms with van der Waals surface area (Å²) in [5, 5.41) is 9.92. The van der Waals surface area contributed by atoms with Gasteiger partial charge in [0.1, 0.15) is 36.1 Å². The minimum atomic E-state index is -0.0705. The molecule has 2 aliphatic rings. The van der Waals surface area contributed by atoms with Gasteiger partial charge in [0.15, 0.2) is 0 Å². The van der Waals surface area contributed by atoms with Gasteiger partial charge in [0, 0.05) is 22.9 Å². The van der Waals surface area contributed by atoms with Crippen molar-refractivity contribution in [1.82, 2.24) is 0 Å². The van der Waals surface area contributed by atoms with Gasteiger partial charge >= 0.3 is 0 Å². The Morgan fingerprint density at radius 1 is 0.733 bits per heavy atom. The van der Waals surface area contributed by atoms with Crippen LogP contribution in [-0.2, 0) is 22.7 Å². The first-order chi connectivity index (χ1) is 21.8. The summed E-state index contributed by atoms with van der Waals surface area (Å²) >= 11 is 3.55. The lowest BCUT2D eigenvalue weighted by Crippen LogP contribution is -2.15. The summed E-state index contributed by atoms with van der Waals surface area (Å²) in [6, 6.07) is 24.3. The molecule has 0 amide bonds. The van der Waals surface area contributed by atoms with Gasteiger partial charge in [0.05, 0.1) is 33.0 Å². The van der Waals surface area contributed by atoms with Crippen LogP contribution in [0.3, 0.4) is 0 Å². The summed E-state index contributed by atoms with van der Waals surface area (Å²) in [6.07, 6.45) is 2.29. The van der Waals surface area contributed by atoms with E-state index in [4.69, 9.17) is 23.7 Å². The van der Waals surface area contributed by atoms with E-state index in [9.17, 15) is 5.11 Å². The molecule has 7 heteroatoms. The first-order valence-electron chi connectivity index (χ1n) is 15.6. The van der Waals surface area contributed by atoms with Crippen LogP contribution in [0, 0.1) is 27.7 Å². The highest BCUT2D eigenvalue weighted by Crippen LogP contribution is 2.35. The molecular formula is C38H43BrO6. The number of hydrogen-bond acceptors (Lipinski definition) is 6. The number of ether oxygens (including phenoxy) is 5. The predicted molar refractivity (Wildman–Crippen MR) is 181 cm³/mol.